The Hall–Kier alpha value is -1.49. The van der Waals surface area contributed by atoms with Crippen LogP contribution in [-0.2, 0) is 6.42 Å². The molecule has 1 aromatic heterocycles. The van der Waals surface area contributed by atoms with E-state index in [1.54, 1.807) is 6.26 Å². The molecular weight excluding hydrogens is 288 g/mol. The van der Waals surface area contributed by atoms with Gasteiger partial charge in [0.05, 0.1) is 6.26 Å². The van der Waals surface area contributed by atoms with Crippen molar-refractivity contribution in [3.05, 3.63) is 24.2 Å². The van der Waals surface area contributed by atoms with Crippen LogP contribution >= 0.6 is 0 Å². The lowest BCUT2D eigenvalue weighted by molar-refractivity contribution is 0.0739. The highest BCUT2D eigenvalue weighted by Crippen LogP contribution is 2.23. The average Bonchev–Trinajstić information content (AvgIpc) is 3.04. The molecule has 1 atom stereocenters. The minimum Gasteiger partial charge on any atom is -0.469 e. The quantitative estimate of drug-likeness (QED) is 0.625. The number of aliphatic imine (C=N–C) groups is 1. The van der Waals surface area contributed by atoms with Gasteiger partial charge in [-0.3, -0.25) is 9.89 Å². The van der Waals surface area contributed by atoms with Crippen LogP contribution in [-0.4, -0.2) is 49.6 Å². The number of nitrogens with zero attached hydrogens (tertiary/aromatic N) is 2. The molecular formula is C18H32N4O. The standard InChI is InChI=1S/C18H32N4O/c1-15-7-5-11-22(13-15)18(2,3)14-21-17(19-4)20-10-9-16-8-6-12-23-16/h6,8,12,15H,5,7,9-11,13-14H2,1-4H3,(H2,19,20,21). The molecule has 5 heteroatoms. The predicted molar refractivity (Wildman–Crippen MR) is 95.8 cm³/mol. The molecule has 0 saturated carbocycles. The van der Waals surface area contributed by atoms with E-state index in [1.165, 1.54) is 25.9 Å². The van der Waals surface area contributed by atoms with E-state index in [-0.39, 0.29) is 5.54 Å². The van der Waals surface area contributed by atoms with Crippen LogP contribution in [0, 0.1) is 5.92 Å². The van der Waals surface area contributed by atoms with Crippen molar-refractivity contribution in [1.82, 2.24) is 15.5 Å². The molecule has 1 unspecified atom stereocenters. The Morgan fingerprint density at radius 3 is 2.91 bits per heavy atom. The molecule has 1 fully saturated rings. The monoisotopic (exact) mass is 320 g/mol. The summed E-state index contributed by atoms with van der Waals surface area (Å²) in [5.41, 5.74) is 0.132. The maximum Gasteiger partial charge on any atom is 0.191 e. The van der Waals surface area contributed by atoms with Gasteiger partial charge < -0.3 is 15.1 Å². The zero-order valence-electron chi connectivity index (χ0n) is 15.1. The Bertz CT molecular complexity index is 481. The summed E-state index contributed by atoms with van der Waals surface area (Å²) in [5.74, 6) is 2.65. The highest BCUT2D eigenvalue weighted by molar-refractivity contribution is 5.79. The van der Waals surface area contributed by atoms with Crippen LogP contribution in [0.5, 0.6) is 0 Å². The number of rotatable bonds is 6. The van der Waals surface area contributed by atoms with E-state index in [1.807, 2.05) is 19.2 Å². The molecule has 1 aliphatic rings. The van der Waals surface area contributed by atoms with Gasteiger partial charge in [0.25, 0.3) is 0 Å². The van der Waals surface area contributed by atoms with E-state index in [9.17, 15) is 0 Å². The van der Waals surface area contributed by atoms with Crippen LogP contribution in [0.4, 0.5) is 0 Å². The van der Waals surface area contributed by atoms with Crippen molar-refractivity contribution in [2.24, 2.45) is 10.9 Å². The molecule has 1 saturated heterocycles. The predicted octanol–water partition coefficient (Wildman–Crippen LogP) is 2.50. The van der Waals surface area contributed by atoms with E-state index >= 15 is 0 Å². The first-order valence-corrected chi connectivity index (χ1v) is 8.73. The number of hydrogen-bond acceptors (Lipinski definition) is 3. The fourth-order valence-electron chi connectivity index (χ4n) is 3.13. The summed E-state index contributed by atoms with van der Waals surface area (Å²) in [6.45, 7) is 11.1. The minimum absolute atomic E-state index is 0.132. The van der Waals surface area contributed by atoms with Gasteiger partial charge >= 0.3 is 0 Å². The lowest BCUT2D eigenvalue weighted by Crippen LogP contribution is -2.56. The summed E-state index contributed by atoms with van der Waals surface area (Å²) >= 11 is 0. The fourth-order valence-corrected chi connectivity index (χ4v) is 3.13. The highest BCUT2D eigenvalue weighted by atomic mass is 16.3. The number of nitrogens with one attached hydrogen (secondary N) is 2. The molecule has 2 heterocycles. The Morgan fingerprint density at radius 2 is 2.26 bits per heavy atom. The smallest absolute Gasteiger partial charge is 0.191 e. The lowest BCUT2D eigenvalue weighted by atomic mass is 9.93. The topological polar surface area (TPSA) is 52.8 Å². The van der Waals surface area contributed by atoms with E-state index in [0.29, 0.717) is 0 Å². The van der Waals surface area contributed by atoms with Gasteiger partial charge in [0.1, 0.15) is 5.76 Å². The number of guanidine groups is 1. The highest BCUT2D eigenvalue weighted by Gasteiger charge is 2.30. The molecule has 2 rings (SSSR count). The number of furan rings is 1. The molecule has 1 aromatic rings. The summed E-state index contributed by atoms with van der Waals surface area (Å²) < 4.78 is 5.35. The lowest BCUT2D eigenvalue weighted by Gasteiger charge is -2.43. The number of piperidine rings is 1. The van der Waals surface area contributed by atoms with Crippen LogP contribution in [0.3, 0.4) is 0 Å². The molecule has 0 aliphatic carbocycles. The van der Waals surface area contributed by atoms with Gasteiger partial charge in [-0.05, 0) is 51.3 Å². The zero-order valence-corrected chi connectivity index (χ0v) is 15.1. The van der Waals surface area contributed by atoms with Crippen LogP contribution in [0.25, 0.3) is 0 Å². The SMILES string of the molecule is CN=C(NCCc1ccco1)NCC(C)(C)N1CCCC(C)C1. The van der Waals surface area contributed by atoms with Crippen molar-refractivity contribution in [2.45, 2.75) is 45.6 Å². The minimum atomic E-state index is 0.132. The number of hydrogen-bond donors (Lipinski definition) is 2. The molecule has 2 N–H and O–H groups in total. The van der Waals surface area contributed by atoms with Gasteiger partial charge in [-0.15, -0.1) is 0 Å². The van der Waals surface area contributed by atoms with Crippen molar-refractivity contribution in [3.8, 4) is 0 Å². The largest absolute Gasteiger partial charge is 0.469 e. The van der Waals surface area contributed by atoms with E-state index in [0.717, 1.165) is 37.1 Å². The summed E-state index contributed by atoms with van der Waals surface area (Å²) in [7, 11) is 1.82. The van der Waals surface area contributed by atoms with Gasteiger partial charge in [0.2, 0.25) is 0 Å². The Balaban J connectivity index is 1.75. The first-order chi connectivity index (χ1) is 11.0. The summed E-state index contributed by atoms with van der Waals surface area (Å²) in [6.07, 6.45) is 5.24. The zero-order chi connectivity index (χ0) is 16.7. The second kappa shape index (κ2) is 8.39. The Morgan fingerprint density at radius 1 is 1.43 bits per heavy atom. The average molecular weight is 320 g/mol. The van der Waals surface area contributed by atoms with Gasteiger partial charge in [-0.25, -0.2) is 0 Å². The first-order valence-electron chi connectivity index (χ1n) is 8.73. The molecule has 0 amide bonds. The molecule has 0 radical (unpaired) electrons. The van der Waals surface area contributed by atoms with Gasteiger partial charge in [0, 0.05) is 38.6 Å². The molecule has 5 nitrogen and oxygen atoms in total. The fraction of sp³-hybridized carbons (Fsp3) is 0.722. The molecule has 23 heavy (non-hydrogen) atoms. The van der Waals surface area contributed by atoms with Gasteiger partial charge in [-0.1, -0.05) is 6.92 Å². The van der Waals surface area contributed by atoms with Crippen LogP contribution in [0.2, 0.25) is 0 Å². The third kappa shape index (κ3) is 5.57. The normalized spacial score (nSPS) is 20.5. The third-order valence-electron chi connectivity index (χ3n) is 4.67. The molecule has 1 aliphatic heterocycles. The summed E-state index contributed by atoms with van der Waals surface area (Å²) in [6, 6.07) is 3.92. The van der Waals surface area contributed by atoms with Crippen LogP contribution < -0.4 is 10.6 Å². The van der Waals surface area contributed by atoms with Crippen molar-refractivity contribution < 1.29 is 4.42 Å². The summed E-state index contributed by atoms with van der Waals surface area (Å²) in [4.78, 5) is 6.92. The first kappa shape index (κ1) is 17.9. The van der Waals surface area contributed by atoms with Crippen LogP contribution in [0.1, 0.15) is 39.4 Å². The van der Waals surface area contributed by atoms with E-state index < -0.39 is 0 Å². The van der Waals surface area contributed by atoms with Gasteiger partial charge in [0.15, 0.2) is 5.96 Å². The second-order valence-corrected chi connectivity index (χ2v) is 7.19. The van der Waals surface area contributed by atoms with E-state index in [2.05, 4.69) is 41.3 Å². The Kier molecular flexibility index (Phi) is 6.51. The van der Waals surface area contributed by atoms with Crippen molar-refractivity contribution in [1.29, 1.82) is 0 Å². The van der Waals surface area contributed by atoms with Crippen LogP contribution in [0.15, 0.2) is 27.8 Å². The maximum atomic E-state index is 5.35. The Labute approximate surface area is 140 Å². The van der Waals surface area contributed by atoms with Crippen molar-refractivity contribution in [2.75, 3.05) is 33.2 Å². The molecule has 0 aromatic carbocycles. The van der Waals surface area contributed by atoms with Crippen molar-refractivity contribution >= 4 is 5.96 Å². The second-order valence-electron chi connectivity index (χ2n) is 7.19. The maximum absolute atomic E-state index is 5.35. The third-order valence-corrected chi connectivity index (χ3v) is 4.67. The number of likely N-dealkylation sites (tertiary alicyclic amines) is 1. The molecule has 0 bridgehead atoms. The van der Waals surface area contributed by atoms with E-state index in [4.69, 9.17) is 4.42 Å². The molecule has 130 valence electrons. The van der Waals surface area contributed by atoms with Gasteiger partial charge in [-0.2, -0.15) is 0 Å². The van der Waals surface area contributed by atoms with Crippen molar-refractivity contribution in [3.63, 3.8) is 0 Å². The summed E-state index contributed by atoms with van der Waals surface area (Å²) in [5, 5.41) is 6.82. The molecule has 0 spiro atoms.